The molecule has 2 nitrogen and oxygen atoms in total. The van der Waals surface area contributed by atoms with Gasteiger partial charge < -0.3 is 4.74 Å². The van der Waals surface area contributed by atoms with Crippen molar-refractivity contribution < 1.29 is 4.74 Å². The van der Waals surface area contributed by atoms with Crippen molar-refractivity contribution in [1.82, 2.24) is 0 Å². The van der Waals surface area contributed by atoms with Crippen LogP contribution in [-0.4, -0.2) is 10.9 Å². The molecule has 0 spiro atoms. The van der Waals surface area contributed by atoms with Crippen LogP contribution in [-0.2, 0) is 4.74 Å². The molecule has 1 atom stereocenters. The van der Waals surface area contributed by atoms with E-state index in [4.69, 9.17) is 4.74 Å². The zero-order chi connectivity index (χ0) is 6.97. The quantitative estimate of drug-likeness (QED) is 0.585. The second-order valence-corrected chi connectivity index (χ2v) is 2.91. The van der Waals surface area contributed by atoms with Crippen LogP contribution in [0.2, 0.25) is 0 Å². The van der Waals surface area contributed by atoms with Gasteiger partial charge in [-0.05, 0) is 6.08 Å². The summed E-state index contributed by atoms with van der Waals surface area (Å²) >= 11 is 3.19. The molecule has 0 N–H and O–H groups in total. The Morgan fingerprint density at radius 2 is 2.60 bits per heavy atom. The summed E-state index contributed by atoms with van der Waals surface area (Å²) in [6.07, 6.45) is 7.16. The van der Waals surface area contributed by atoms with Crippen LogP contribution in [0, 0.1) is 0 Å². The molecule has 1 heterocycles. The fourth-order valence-corrected chi connectivity index (χ4v) is 1.49. The lowest BCUT2D eigenvalue weighted by atomic mass is 10.1. The van der Waals surface area contributed by atoms with E-state index in [0.717, 1.165) is 12.1 Å². The molecule has 10 heavy (non-hydrogen) atoms. The number of allylic oxidation sites excluding steroid dienone is 2. The lowest BCUT2D eigenvalue weighted by Crippen LogP contribution is -2.09. The second kappa shape index (κ2) is 2.23. The molecule has 0 radical (unpaired) electrons. The summed E-state index contributed by atoms with van der Waals surface area (Å²) in [6.45, 7) is 0. The molecule has 52 valence electrons. The lowest BCUT2D eigenvalue weighted by molar-refractivity contribution is 0.255. The third-order valence-corrected chi connectivity index (χ3v) is 1.90. The van der Waals surface area contributed by atoms with E-state index in [2.05, 4.69) is 27.0 Å². The SMILES string of the molecule is BrC1=NC2=CC=CCC2O1. The first-order valence-electron chi connectivity index (χ1n) is 3.14. The van der Waals surface area contributed by atoms with E-state index >= 15 is 0 Å². The Balaban J connectivity index is 2.31. The monoisotopic (exact) mass is 199 g/mol. The summed E-state index contributed by atoms with van der Waals surface area (Å²) in [5.41, 5.74) is 1.02. The van der Waals surface area contributed by atoms with Gasteiger partial charge in [-0.1, -0.05) is 12.2 Å². The molecule has 1 aliphatic heterocycles. The molecular weight excluding hydrogens is 194 g/mol. The zero-order valence-electron chi connectivity index (χ0n) is 5.25. The molecule has 0 saturated carbocycles. The van der Waals surface area contributed by atoms with Gasteiger partial charge in [-0.15, -0.1) is 0 Å². The van der Waals surface area contributed by atoms with Crippen LogP contribution in [0.5, 0.6) is 0 Å². The van der Waals surface area contributed by atoms with Gasteiger partial charge in [-0.25, -0.2) is 4.99 Å². The van der Waals surface area contributed by atoms with Gasteiger partial charge in [-0.3, -0.25) is 0 Å². The Bertz CT molecular complexity index is 242. The molecule has 0 aromatic rings. The summed E-state index contributed by atoms with van der Waals surface area (Å²) in [6, 6.07) is 0. The Hall–Kier alpha value is -0.570. The fourth-order valence-electron chi connectivity index (χ4n) is 1.06. The van der Waals surface area contributed by atoms with E-state index in [1.54, 1.807) is 0 Å². The first-order chi connectivity index (χ1) is 4.86. The van der Waals surface area contributed by atoms with E-state index in [1.165, 1.54) is 0 Å². The van der Waals surface area contributed by atoms with Gasteiger partial charge in [0.2, 0.25) is 0 Å². The Labute approximate surface area is 67.4 Å². The summed E-state index contributed by atoms with van der Waals surface area (Å²) in [5, 5.41) is 0. The maximum Gasteiger partial charge on any atom is 0.259 e. The molecule has 0 saturated heterocycles. The van der Waals surface area contributed by atoms with Crippen LogP contribution in [0.25, 0.3) is 0 Å². The van der Waals surface area contributed by atoms with Gasteiger partial charge in [0.1, 0.15) is 6.10 Å². The van der Waals surface area contributed by atoms with E-state index in [0.29, 0.717) is 4.81 Å². The van der Waals surface area contributed by atoms with Crippen LogP contribution in [0.4, 0.5) is 0 Å². The fraction of sp³-hybridized carbons (Fsp3) is 0.286. The first-order valence-corrected chi connectivity index (χ1v) is 3.93. The van der Waals surface area contributed by atoms with Crippen molar-refractivity contribution in [2.24, 2.45) is 4.99 Å². The third-order valence-electron chi connectivity index (χ3n) is 1.54. The van der Waals surface area contributed by atoms with Crippen LogP contribution in [0.1, 0.15) is 6.42 Å². The predicted molar refractivity (Wildman–Crippen MR) is 43.1 cm³/mol. The van der Waals surface area contributed by atoms with Gasteiger partial charge in [-0.2, -0.15) is 0 Å². The van der Waals surface area contributed by atoms with E-state index in [-0.39, 0.29) is 6.10 Å². The molecule has 1 unspecified atom stereocenters. The minimum absolute atomic E-state index is 0.166. The van der Waals surface area contributed by atoms with Crippen LogP contribution >= 0.6 is 15.9 Å². The van der Waals surface area contributed by atoms with Crippen molar-refractivity contribution in [3.05, 3.63) is 23.9 Å². The molecule has 0 fully saturated rings. The van der Waals surface area contributed by atoms with Gasteiger partial charge in [0.25, 0.3) is 4.81 Å². The molecule has 0 bridgehead atoms. The highest BCUT2D eigenvalue weighted by Crippen LogP contribution is 2.25. The second-order valence-electron chi connectivity index (χ2n) is 2.23. The molecular formula is C7H6BrNO. The normalized spacial score (nSPS) is 28.7. The average molecular weight is 200 g/mol. The number of ether oxygens (including phenoxy) is 1. The lowest BCUT2D eigenvalue weighted by Gasteiger charge is -2.09. The van der Waals surface area contributed by atoms with E-state index < -0.39 is 0 Å². The summed E-state index contributed by atoms with van der Waals surface area (Å²) in [7, 11) is 0. The number of nitrogens with zero attached hydrogens (tertiary/aromatic N) is 1. The molecule has 2 rings (SSSR count). The molecule has 0 amide bonds. The average Bonchev–Trinajstić information content (AvgIpc) is 2.27. The van der Waals surface area contributed by atoms with Gasteiger partial charge in [0.05, 0.1) is 5.70 Å². The third kappa shape index (κ3) is 0.904. The van der Waals surface area contributed by atoms with Crippen molar-refractivity contribution >= 4 is 20.7 Å². The van der Waals surface area contributed by atoms with Crippen molar-refractivity contribution in [2.45, 2.75) is 12.5 Å². The van der Waals surface area contributed by atoms with Crippen molar-refractivity contribution in [2.75, 3.05) is 0 Å². The predicted octanol–water partition coefficient (Wildman–Crippen LogP) is 1.98. The van der Waals surface area contributed by atoms with Crippen molar-refractivity contribution in [3.8, 4) is 0 Å². The van der Waals surface area contributed by atoms with Crippen molar-refractivity contribution in [3.63, 3.8) is 0 Å². The molecule has 3 heteroatoms. The number of hydrogen-bond acceptors (Lipinski definition) is 2. The van der Waals surface area contributed by atoms with Crippen LogP contribution in [0.15, 0.2) is 28.9 Å². The number of fused-ring (bicyclic) bond motifs is 1. The smallest absolute Gasteiger partial charge is 0.259 e. The molecule has 1 aliphatic carbocycles. The first kappa shape index (κ1) is 6.16. The summed E-state index contributed by atoms with van der Waals surface area (Å²) in [5.74, 6) is 0. The highest BCUT2D eigenvalue weighted by Gasteiger charge is 2.23. The molecule has 2 aliphatic rings. The summed E-state index contributed by atoms with van der Waals surface area (Å²) < 4.78 is 5.31. The zero-order valence-corrected chi connectivity index (χ0v) is 6.84. The van der Waals surface area contributed by atoms with Crippen molar-refractivity contribution in [1.29, 1.82) is 0 Å². The maximum absolute atomic E-state index is 5.31. The van der Waals surface area contributed by atoms with E-state index in [1.807, 2.05) is 12.2 Å². The summed E-state index contributed by atoms with van der Waals surface area (Å²) in [4.78, 5) is 4.74. The highest BCUT2D eigenvalue weighted by molar-refractivity contribution is 9.18. The van der Waals surface area contributed by atoms with Crippen LogP contribution in [0.3, 0.4) is 0 Å². The highest BCUT2D eigenvalue weighted by atomic mass is 79.9. The van der Waals surface area contributed by atoms with Gasteiger partial charge >= 0.3 is 0 Å². The standard InChI is InChI=1S/C7H6BrNO/c8-7-9-5-3-1-2-4-6(5)10-7/h1-3,6H,4H2. The Morgan fingerprint density at radius 1 is 1.70 bits per heavy atom. The topological polar surface area (TPSA) is 21.6 Å². The van der Waals surface area contributed by atoms with Gasteiger partial charge in [0, 0.05) is 22.4 Å². The molecule has 0 aromatic carbocycles. The number of aliphatic imine (C=N–C) groups is 1. The number of rotatable bonds is 0. The minimum atomic E-state index is 0.166. The largest absolute Gasteiger partial charge is 0.462 e. The van der Waals surface area contributed by atoms with Gasteiger partial charge in [0.15, 0.2) is 0 Å². The number of halogens is 1. The minimum Gasteiger partial charge on any atom is -0.462 e. The molecule has 0 aromatic heterocycles. The van der Waals surface area contributed by atoms with E-state index in [9.17, 15) is 0 Å². The number of hydrogen-bond donors (Lipinski definition) is 0. The Kier molecular flexibility index (Phi) is 1.38. The maximum atomic E-state index is 5.31. The Morgan fingerprint density at radius 3 is 3.40 bits per heavy atom. The van der Waals surface area contributed by atoms with Crippen LogP contribution < -0.4 is 0 Å².